The average Bonchev–Trinajstić information content (AvgIpc) is 2.05. The van der Waals surface area contributed by atoms with Crippen LogP contribution in [-0.2, 0) is 0 Å². The van der Waals surface area contributed by atoms with Crippen molar-refractivity contribution in [2.24, 2.45) is 5.41 Å². The molecule has 0 nitrogen and oxygen atoms in total. The summed E-state index contributed by atoms with van der Waals surface area (Å²) in [7, 11) is 0. The topological polar surface area (TPSA) is 0 Å². The van der Waals surface area contributed by atoms with Gasteiger partial charge >= 0.3 is 0 Å². The predicted molar refractivity (Wildman–Crippen MR) is 57.2 cm³/mol. The minimum absolute atomic E-state index is 0.286. The second-order valence-electron chi connectivity index (χ2n) is 3.58. The molecule has 0 N–H and O–H groups in total. The standard InChI is InChI=1S/C12H20/c1-6-9-10-11(7-2)12(4,5)8-3/h6-7,9-10H,1,8H2,2-5H3. The number of hydrogen-bond donors (Lipinski definition) is 0. The van der Waals surface area contributed by atoms with Crippen molar-refractivity contribution in [1.29, 1.82) is 0 Å². The summed E-state index contributed by atoms with van der Waals surface area (Å²) in [6.07, 6.45) is 9.27. The number of hydrogen-bond acceptors (Lipinski definition) is 0. The molecule has 68 valence electrons. The van der Waals surface area contributed by atoms with E-state index in [2.05, 4.69) is 46.4 Å². The van der Waals surface area contributed by atoms with Crippen LogP contribution in [0.5, 0.6) is 0 Å². The quantitative estimate of drug-likeness (QED) is 0.548. The van der Waals surface area contributed by atoms with E-state index in [1.807, 2.05) is 12.2 Å². The van der Waals surface area contributed by atoms with E-state index in [1.165, 1.54) is 5.57 Å². The van der Waals surface area contributed by atoms with E-state index < -0.39 is 0 Å². The van der Waals surface area contributed by atoms with E-state index in [-0.39, 0.29) is 5.41 Å². The average molecular weight is 164 g/mol. The van der Waals surface area contributed by atoms with Crippen LogP contribution in [-0.4, -0.2) is 0 Å². The van der Waals surface area contributed by atoms with Gasteiger partial charge in [-0.1, -0.05) is 51.7 Å². The maximum atomic E-state index is 3.66. The summed E-state index contributed by atoms with van der Waals surface area (Å²) in [5, 5.41) is 0. The zero-order valence-corrected chi connectivity index (χ0v) is 8.72. The normalized spacial score (nSPS) is 13.8. The molecule has 0 aromatic rings. The van der Waals surface area contributed by atoms with Crippen LogP contribution in [0.15, 0.2) is 36.5 Å². The Labute approximate surface area is 76.7 Å². The van der Waals surface area contributed by atoms with Crippen LogP contribution in [0.2, 0.25) is 0 Å². The molecule has 0 atom stereocenters. The van der Waals surface area contributed by atoms with E-state index >= 15 is 0 Å². The Kier molecular flexibility index (Phi) is 4.65. The smallest absolute Gasteiger partial charge is 0.0109 e. The van der Waals surface area contributed by atoms with Gasteiger partial charge in [-0.2, -0.15) is 0 Å². The van der Waals surface area contributed by atoms with Crippen molar-refractivity contribution >= 4 is 0 Å². The van der Waals surface area contributed by atoms with Crippen molar-refractivity contribution in [2.45, 2.75) is 34.1 Å². The molecule has 0 aliphatic carbocycles. The van der Waals surface area contributed by atoms with Crippen LogP contribution in [0, 0.1) is 5.41 Å². The van der Waals surface area contributed by atoms with Gasteiger partial charge in [-0.15, -0.1) is 0 Å². The summed E-state index contributed by atoms with van der Waals surface area (Å²) in [5.41, 5.74) is 1.67. The molecular weight excluding hydrogens is 144 g/mol. The molecule has 0 aliphatic rings. The molecule has 0 amide bonds. The van der Waals surface area contributed by atoms with E-state index in [9.17, 15) is 0 Å². The zero-order chi connectivity index (χ0) is 9.61. The van der Waals surface area contributed by atoms with E-state index in [0.717, 1.165) is 6.42 Å². The van der Waals surface area contributed by atoms with Gasteiger partial charge in [-0.05, 0) is 24.3 Å². The fourth-order valence-corrected chi connectivity index (χ4v) is 1.09. The minimum atomic E-state index is 0.286. The van der Waals surface area contributed by atoms with Gasteiger partial charge in [0.25, 0.3) is 0 Å². The first-order chi connectivity index (χ1) is 5.58. The molecule has 0 heteroatoms. The van der Waals surface area contributed by atoms with Crippen molar-refractivity contribution in [3.8, 4) is 0 Å². The van der Waals surface area contributed by atoms with Gasteiger partial charge in [-0.3, -0.25) is 0 Å². The van der Waals surface area contributed by atoms with Crippen molar-refractivity contribution in [1.82, 2.24) is 0 Å². The monoisotopic (exact) mass is 164 g/mol. The van der Waals surface area contributed by atoms with Gasteiger partial charge in [0.2, 0.25) is 0 Å². The molecule has 0 aromatic heterocycles. The van der Waals surface area contributed by atoms with Crippen LogP contribution in [0.1, 0.15) is 34.1 Å². The Bertz CT molecular complexity index is 192. The SMILES string of the molecule is C=CC=CC(=CC)C(C)(C)CC. The molecule has 0 aliphatic heterocycles. The highest BCUT2D eigenvalue weighted by molar-refractivity contribution is 5.26. The maximum absolute atomic E-state index is 3.66. The maximum Gasteiger partial charge on any atom is -0.0109 e. The third-order valence-electron chi connectivity index (χ3n) is 2.39. The van der Waals surface area contributed by atoms with Crippen molar-refractivity contribution in [3.05, 3.63) is 36.5 Å². The van der Waals surface area contributed by atoms with E-state index in [4.69, 9.17) is 0 Å². The Morgan fingerprint density at radius 3 is 2.33 bits per heavy atom. The number of allylic oxidation sites excluding steroid dienone is 5. The van der Waals surface area contributed by atoms with Gasteiger partial charge in [0, 0.05) is 0 Å². The largest absolute Gasteiger partial charge is 0.0991 e. The van der Waals surface area contributed by atoms with Crippen LogP contribution in [0.25, 0.3) is 0 Å². The van der Waals surface area contributed by atoms with Crippen molar-refractivity contribution in [2.75, 3.05) is 0 Å². The molecular formula is C12H20. The van der Waals surface area contributed by atoms with Crippen LogP contribution >= 0.6 is 0 Å². The molecule has 0 spiro atoms. The lowest BCUT2D eigenvalue weighted by Crippen LogP contribution is -2.11. The second kappa shape index (κ2) is 4.97. The highest BCUT2D eigenvalue weighted by Gasteiger charge is 2.17. The van der Waals surface area contributed by atoms with Gasteiger partial charge in [0.1, 0.15) is 0 Å². The summed E-state index contributed by atoms with van der Waals surface area (Å²) in [5.74, 6) is 0. The Hall–Kier alpha value is -0.780. The molecule has 0 radical (unpaired) electrons. The van der Waals surface area contributed by atoms with E-state index in [0.29, 0.717) is 0 Å². The lowest BCUT2D eigenvalue weighted by Gasteiger charge is -2.24. The molecule has 0 fully saturated rings. The lowest BCUT2D eigenvalue weighted by molar-refractivity contribution is 0.439. The minimum Gasteiger partial charge on any atom is -0.0991 e. The molecule has 0 heterocycles. The summed E-state index contributed by atoms with van der Waals surface area (Å²) in [6, 6.07) is 0. The van der Waals surface area contributed by atoms with E-state index in [1.54, 1.807) is 0 Å². The highest BCUT2D eigenvalue weighted by atomic mass is 14.2. The first-order valence-electron chi connectivity index (χ1n) is 4.54. The van der Waals surface area contributed by atoms with Crippen LogP contribution < -0.4 is 0 Å². The molecule has 0 saturated heterocycles. The van der Waals surface area contributed by atoms with Crippen molar-refractivity contribution in [3.63, 3.8) is 0 Å². The summed E-state index contributed by atoms with van der Waals surface area (Å²) >= 11 is 0. The number of rotatable bonds is 4. The molecule has 0 aromatic carbocycles. The predicted octanol–water partition coefficient (Wildman–Crippen LogP) is 4.11. The van der Waals surface area contributed by atoms with Crippen molar-refractivity contribution < 1.29 is 0 Å². The van der Waals surface area contributed by atoms with Gasteiger partial charge in [-0.25, -0.2) is 0 Å². The van der Waals surface area contributed by atoms with Gasteiger partial charge in [0.05, 0.1) is 0 Å². The lowest BCUT2D eigenvalue weighted by atomic mass is 9.81. The first-order valence-corrected chi connectivity index (χ1v) is 4.54. The van der Waals surface area contributed by atoms with Crippen LogP contribution in [0.3, 0.4) is 0 Å². The third kappa shape index (κ3) is 3.08. The Morgan fingerprint density at radius 2 is 2.00 bits per heavy atom. The zero-order valence-electron chi connectivity index (χ0n) is 8.72. The first kappa shape index (κ1) is 11.2. The highest BCUT2D eigenvalue weighted by Crippen LogP contribution is 2.30. The molecule has 0 bridgehead atoms. The molecule has 0 saturated carbocycles. The molecule has 12 heavy (non-hydrogen) atoms. The summed E-state index contributed by atoms with van der Waals surface area (Å²) in [6.45, 7) is 12.5. The summed E-state index contributed by atoms with van der Waals surface area (Å²) in [4.78, 5) is 0. The van der Waals surface area contributed by atoms with Gasteiger partial charge < -0.3 is 0 Å². The Balaban J connectivity index is 4.57. The fraction of sp³-hybridized carbons (Fsp3) is 0.500. The Morgan fingerprint density at radius 1 is 1.42 bits per heavy atom. The molecule has 0 unspecified atom stereocenters. The summed E-state index contributed by atoms with van der Waals surface area (Å²) < 4.78 is 0. The third-order valence-corrected chi connectivity index (χ3v) is 2.39. The van der Waals surface area contributed by atoms with Gasteiger partial charge in [0.15, 0.2) is 0 Å². The molecule has 0 rings (SSSR count). The fourth-order valence-electron chi connectivity index (χ4n) is 1.09. The van der Waals surface area contributed by atoms with Crippen LogP contribution in [0.4, 0.5) is 0 Å². The second-order valence-corrected chi connectivity index (χ2v) is 3.58.